The number of nitriles is 1. The molecule has 0 aliphatic rings. The molecule has 0 aromatic heterocycles. The topological polar surface area (TPSA) is 35.8 Å². The maximum atomic E-state index is 9.14. The zero-order valence-corrected chi connectivity index (χ0v) is 11.9. The van der Waals surface area contributed by atoms with Crippen LogP contribution in [0.5, 0.6) is 0 Å². The van der Waals surface area contributed by atoms with Crippen LogP contribution < -0.4 is 5.32 Å². The van der Waals surface area contributed by atoms with Crippen molar-refractivity contribution in [1.29, 1.82) is 5.26 Å². The molecule has 0 fully saturated rings. The van der Waals surface area contributed by atoms with Crippen molar-refractivity contribution in [2.45, 2.75) is 13.8 Å². The summed E-state index contributed by atoms with van der Waals surface area (Å²) in [7, 11) is 0. The molecule has 0 heterocycles. The van der Waals surface area contributed by atoms with Gasteiger partial charge in [0, 0.05) is 4.47 Å². The SMILES string of the molecule is Cc1ccc(Nc2cc(C)ccc2Br)c(C#N)c1. The van der Waals surface area contributed by atoms with Gasteiger partial charge in [0.15, 0.2) is 0 Å². The van der Waals surface area contributed by atoms with Crippen LogP contribution >= 0.6 is 15.9 Å². The average molecular weight is 301 g/mol. The quantitative estimate of drug-likeness (QED) is 0.874. The molecule has 0 atom stereocenters. The maximum absolute atomic E-state index is 9.14. The molecule has 0 amide bonds. The average Bonchev–Trinajstić information content (AvgIpc) is 2.36. The lowest BCUT2D eigenvalue weighted by atomic mass is 10.1. The maximum Gasteiger partial charge on any atom is 0.101 e. The highest BCUT2D eigenvalue weighted by Crippen LogP contribution is 2.28. The molecule has 3 heteroatoms. The predicted molar refractivity (Wildman–Crippen MR) is 78.1 cm³/mol. The first-order valence-electron chi connectivity index (χ1n) is 5.64. The molecule has 2 aromatic rings. The van der Waals surface area contributed by atoms with Crippen molar-refractivity contribution < 1.29 is 0 Å². The summed E-state index contributed by atoms with van der Waals surface area (Å²) >= 11 is 3.50. The summed E-state index contributed by atoms with van der Waals surface area (Å²) in [6.07, 6.45) is 0. The van der Waals surface area contributed by atoms with Crippen LogP contribution in [0.15, 0.2) is 40.9 Å². The van der Waals surface area contributed by atoms with E-state index in [0.29, 0.717) is 5.56 Å². The fourth-order valence-electron chi connectivity index (χ4n) is 1.74. The zero-order chi connectivity index (χ0) is 13.1. The molecule has 0 spiro atoms. The molecular formula is C15H13BrN2. The minimum Gasteiger partial charge on any atom is -0.354 e. The Morgan fingerprint density at radius 3 is 2.39 bits per heavy atom. The Kier molecular flexibility index (Phi) is 3.69. The van der Waals surface area contributed by atoms with Crippen LogP contribution in [0.3, 0.4) is 0 Å². The van der Waals surface area contributed by atoms with Gasteiger partial charge in [0.1, 0.15) is 6.07 Å². The Bertz CT molecular complexity index is 627. The third-order valence-corrected chi connectivity index (χ3v) is 3.38. The van der Waals surface area contributed by atoms with E-state index in [1.54, 1.807) is 0 Å². The van der Waals surface area contributed by atoms with Crippen LogP contribution in [0.2, 0.25) is 0 Å². The highest BCUT2D eigenvalue weighted by Gasteiger charge is 2.05. The van der Waals surface area contributed by atoms with E-state index >= 15 is 0 Å². The summed E-state index contributed by atoms with van der Waals surface area (Å²) in [5.41, 5.74) is 4.71. The Labute approximate surface area is 115 Å². The predicted octanol–water partition coefficient (Wildman–Crippen LogP) is 4.68. The molecule has 0 bridgehead atoms. The number of aryl methyl sites for hydroxylation is 2. The molecular weight excluding hydrogens is 288 g/mol. The summed E-state index contributed by atoms with van der Waals surface area (Å²) in [5, 5.41) is 12.4. The smallest absolute Gasteiger partial charge is 0.101 e. The monoisotopic (exact) mass is 300 g/mol. The molecule has 90 valence electrons. The molecule has 0 radical (unpaired) electrons. The Morgan fingerprint density at radius 1 is 1.00 bits per heavy atom. The van der Waals surface area contributed by atoms with E-state index in [9.17, 15) is 0 Å². The second kappa shape index (κ2) is 5.24. The minimum absolute atomic E-state index is 0.656. The molecule has 2 rings (SSSR count). The molecule has 2 nitrogen and oxygen atoms in total. The van der Waals surface area contributed by atoms with E-state index in [2.05, 4.69) is 27.3 Å². The van der Waals surface area contributed by atoms with Crippen molar-refractivity contribution in [3.05, 3.63) is 57.6 Å². The third-order valence-electron chi connectivity index (χ3n) is 2.69. The van der Waals surface area contributed by atoms with Crippen molar-refractivity contribution in [2.24, 2.45) is 0 Å². The largest absolute Gasteiger partial charge is 0.354 e. The first-order chi connectivity index (χ1) is 8.60. The number of benzene rings is 2. The van der Waals surface area contributed by atoms with E-state index < -0.39 is 0 Å². The second-order valence-corrected chi connectivity index (χ2v) is 5.12. The van der Waals surface area contributed by atoms with Gasteiger partial charge < -0.3 is 5.32 Å². The second-order valence-electron chi connectivity index (χ2n) is 4.27. The number of anilines is 2. The number of rotatable bonds is 2. The van der Waals surface area contributed by atoms with E-state index in [1.807, 2.05) is 50.2 Å². The van der Waals surface area contributed by atoms with Gasteiger partial charge in [0.2, 0.25) is 0 Å². The fourth-order valence-corrected chi connectivity index (χ4v) is 2.09. The Hall–Kier alpha value is -1.79. The first kappa shape index (κ1) is 12.7. The van der Waals surface area contributed by atoms with Crippen molar-refractivity contribution in [1.82, 2.24) is 0 Å². The standard InChI is InChI=1S/C15H13BrN2/c1-10-4-6-14(12(7-10)9-17)18-15-8-11(2)3-5-13(15)16/h3-8,18H,1-2H3. The Balaban J connectivity index is 2.40. The van der Waals surface area contributed by atoms with Gasteiger partial charge in [0.25, 0.3) is 0 Å². The highest BCUT2D eigenvalue weighted by molar-refractivity contribution is 9.10. The molecule has 0 aliphatic carbocycles. The van der Waals surface area contributed by atoms with Gasteiger partial charge in [-0.25, -0.2) is 0 Å². The molecule has 2 aromatic carbocycles. The van der Waals surface area contributed by atoms with Crippen LogP contribution in [0.4, 0.5) is 11.4 Å². The number of nitrogens with zero attached hydrogens (tertiary/aromatic N) is 1. The molecule has 0 aliphatic heterocycles. The minimum atomic E-state index is 0.656. The lowest BCUT2D eigenvalue weighted by Gasteiger charge is -2.11. The highest BCUT2D eigenvalue weighted by atomic mass is 79.9. The van der Waals surface area contributed by atoms with E-state index in [0.717, 1.165) is 21.4 Å². The van der Waals surface area contributed by atoms with Crippen molar-refractivity contribution in [3.63, 3.8) is 0 Å². The number of hydrogen-bond donors (Lipinski definition) is 1. The van der Waals surface area contributed by atoms with Crippen molar-refractivity contribution in [2.75, 3.05) is 5.32 Å². The molecule has 0 saturated heterocycles. The van der Waals surface area contributed by atoms with Gasteiger partial charge in [-0.1, -0.05) is 12.1 Å². The molecule has 0 saturated carbocycles. The lowest BCUT2D eigenvalue weighted by Crippen LogP contribution is -1.95. The Morgan fingerprint density at radius 2 is 1.67 bits per heavy atom. The van der Waals surface area contributed by atoms with Crippen LogP contribution in [0.1, 0.15) is 16.7 Å². The van der Waals surface area contributed by atoms with Crippen molar-refractivity contribution >= 4 is 27.3 Å². The molecule has 1 N–H and O–H groups in total. The first-order valence-corrected chi connectivity index (χ1v) is 6.43. The van der Waals surface area contributed by atoms with E-state index in [4.69, 9.17) is 5.26 Å². The van der Waals surface area contributed by atoms with E-state index in [1.165, 1.54) is 5.56 Å². The summed E-state index contributed by atoms with van der Waals surface area (Å²) in [6, 6.07) is 14.1. The number of hydrogen-bond acceptors (Lipinski definition) is 2. The third kappa shape index (κ3) is 2.72. The lowest BCUT2D eigenvalue weighted by molar-refractivity contribution is 1.39. The van der Waals surface area contributed by atoms with Gasteiger partial charge in [-0.05, 0) is 65.2 Å². The van der Waals surface area contributed by atoms with Crippen LogP contribution in [0.25, 0.3) is 0 Å². The van der Waals surface area contributed by atoms with Gasteiger partial charge in [0.05, 0.1) is 16.9 Å². The molecule has 18 heavy (non-hydrogen) atoms. The van der Waals surface area contributed by atoms with Gasteiger partial charge in [-0.2, -0.15) is 5.26 Å². The van der Waals surface area contributed by atoms with Gasteiger partial charge >= 0.3 is 0 Å². The van der Waals surface area contributed by atoms with Crippen molar-refractivity contribution in [3.8, 4) is 6.07 Å². The number of halogens is 1. The summed E-state index contributed by atoms with van der Waals surface area (Å²) < 4.78 is 0.984. The van der Waals surface area contributed by atoms with Crippen LogP contribution in [-0.4, -0.2) is 0 Å². The summed E-state index contributed by atoms with van der Waals surface area (Å²) in [5.74, 6) is 0. The normalized spacial score (nSPS) is 9.89. The summed E-state index contributed by atoms with van der Waals surface area (Å²) in [6.45, 7) is 4.02. The summed E-state index contributed by atoms with van der Waals surface area (Å²) in [4.78, 5) is 0. The van der Waals surface area contributed by atoms with Crippen LogP contribution in [-0.2, 0) is 0 Å². The molecule has 0 unspecified atom stereocenters. The van der Waals surface area contributed by atoms with E-state index in [-0.39, 0.29) is 0 Å². The number of nitrogens with one attached hydrogen (secondary N) is 1. The van der Waals surface area contributed by atoms with Gasteiger partial charge in [-0.15, -0.1) is 0 Å². The fraction of sp³-hybridized carbons (Fsp3) is 0.133. The van der Waals surface area contributed by atoms with Crippen LogP contribution in [0, 0.1) is 25.2 Å². The zero-order valence-electron chi connectivity index (χ0n) is 10.3. The van der Waals surface area contributed by atoms with Gasteiger partial charge in [-0.3, -0.25) is 0 Å².